The molecule has 0 spiro atoms. The van der Waals surface area contributed by atoms with Crippen molar-refractivity contribution in [3.8, 4) is 5.75 Å². The summed E-state index contributed by atoms with van der Waals surface area (Å²) in [5, 5.41) is 0.920. The lowest BCUT2D eigenvalue weighted by molar-refractivity contribution is -0.136. The highest BCUT2D eigenvalue weighted by atomic mass is 16.5. The molecule has 1 aliphatic rings. The first kappa shape index (κ1) is 18.5. The van der Waals surface area contributed by atoms with Gasteiger partial charge in [-0.1, -0.05) is 27.2 Å². The minimum absolute atomic E-state index is 0.00380. The van der Waals surface area contributed by atoms with E-state index in [0.29, 0.717) is 23.2 Å². The van der Waals surface area contributed by atoms with Gasteiger partial charge in [-0.05, 0) is 42.4 Å². The van der Waals surface area contributed by atoms with Crippen LogP contribution in [0, 0.1) is 11.8 Å². The van der Waals surface area contributed by atoms with Crippen LogP contribution in [0.4, 0.5) is 0 Å². The molecule has 1 aromatic carbocycles. The smallest absolute Gasteiger partial charge is 0.336 e. The fourth-order valence-corrected chi connectivity index (χ4v) is 3.88. The Labute approximate surface area is 153 Å². The lowest BCUT2D eigenvalue weighted by Gasteiger charge is -2.34. The molecular weight excluding hydrogens is 330 g/mol. The summed E-state index contributed by atoms with van der Waals surface area (Å²) in [6.07, 6.45) is 2.94. The molecule has 5 heteroatoms. The second-order valence-corrected chi connectivity index (χ2v) is 7.53. The van der Waals surface area contributed by atoms with E-state index in [4.69, 9.17) is 9.15 Å². The number of carbonyl (C=O) groups is 1. The van der Waals surface area contributed by atoms with Gasteiger partial charge in [0, 0.05) is 30.6 Å². The molecule has 3 rings (SSSR count). The summed E-state index contributed by atoms with van der Waals surface area (Å²) in [6.45, 7) is 8.01. The Morgan fingerprint density at radius 3 is 2.65 bits per heavy atom. The molecule has 1 aromatic heterocycles. The number of aryl methyl sites for hydroxylation is 1. The second kappa shape index (κ2) is 7.94. The second-order valence-electron chi connectivity index (χ2n) is 7.53. The van der Waals surface area contributed by atoms with E-state index in [1.807, 2.05) is 17.0 Å². The minimum Gasteiger partial charge on any atom is -0.484 e. The number of ether oxygens (including phenoxy) is 1. The van der Waals surface area contributed by atoms with Gasteiger partial charge < -0.3 is 14.1 Å². The van der Waals surface area contributed by atoms with Crippen molar-refractivity contribution in [2.45, 2.75) is 40.0 Å². The van der Waals surface area contributed by atoms with Crippen LogP contribution in [0.25, 0.3) is 11.0 Å². The quantitative estimate of drug-likeness (QED) is 0.767. The minimum atomic E-state index is -0.356. The topological polar surface area (TPSA) is 59.8 Å². The summed E-state index contributed by atoms with van der Waals surface area (Å²) in [4.78, 5) is 26.1. The summed E-state index contributed by atoms with van der Waals surface area (Å²) >= 11 is 0. The van der Waals surface area contributed by atoms with Gasteiger partial charge in [0.25, 0.3) is 5.91 Å². The number of nitrogens with zero attached hydrogens (tertiary/aromatic N) is 1. The number of likely N-dealkylation sites (tertiary alicyclic amines) is 1. The Morgan fingerprint density at radius 1 is 1.23 bits per heavy atom. The van der Waals surface area contributed by atoms with Gasteiger partial charge in [0.05, 0.1) is 0 Å². The lowest BCUT2D eigenvalue weighted by atomic mass is 9.92. The monoisotopic (exact) mass is 357 g/mol. The normalized spacial score (nSPS) is 20.3. The maximum atomic E-state index is 12.4. The number of benzene rings is 1. The van der Waals surface area contributed by atoms with Crippen LogP contribution in [0.3, 0.4) is 0 Å². The summed E-state index contributed by atoms with van der Waals surface area (Å²) in [5.74, 6) is 1.59. The van der Waals surface area contributed by atoms with E-state index in [1.165, 1.54) is 0 Å². The molecule has 0 N–H and O–H groups in total. The van der Waals surface area contributed by atoms with Crippen LogP contribution in [0.1, 0.15) is 39.2 Å². The summed E-state index contributed by atoms with van der Waals surface area (Å²) in [6, 6.07) is 6.98. The molecule has 0 bridgehead atoms. The van der Waals surface area contributed by atoms with Crippen LogP contribution in [0.5, 0.6) is 5.75 Å². The van der Waals surface area contributed by atoms with Gasteiger partial charge in [0.1, 0.15) is 11.3 Å². The van der Waals surface area contributed by atoms with E-state index >= 15 is 0 Å². The summed E-state index contributed by atoms with van der Waals surface area (Å²) in [5.41, 5.74) is 1.13. The molecule has 1 amide bonds. The van der Waals surface area contributed by atoms with Gasteiger partial charge in [-0.3, -0.25) is 4.79 Å². The molecule has 1 fully saturated rings. The van der Waals surface area contributed by atoms with E-state index in [1.54, 1.807) is 12.1 Å². The Balaban J connectivity index is 1.71. The molecule has 0 saturated carbocycles. The Morgan fingerprint density at radius 2 is 1.96 bits per heavy atom. The van der Waals surface area contributed by atoms with Gasteiger partial charge in [-0.25, -0.2) is 4.79 Å². The molecule has 2 aromatic rings. The number of rotatable bonds is 5. The number of hydrogen-bond acceptors (Lipinski definition) is 4. The van der Waals surface area contributed by atoms with Crippen molar-refractivity contribution < 1.29 is 13.9 Å². The van der Waals surface area contributed by atoms with Crippen molar-refractivity contribution in [2.24, 2.45) is 11.8 Å². The van der Waals surface area contributed by atoms with Gasteiger partial charge in [0.2, 0.25) is 0 Å². The van der Waals surface area contributed by atoms with E-state index in [2.05, 4.69) is 20.8 Å². The third kappa shape index (κ3) is 4.26. The van der Waals surface area contributed by atoms with Crippen molar-refractivity contribution >= 4 is 16.9 Å². The molecule has 140 valence electrons. The first-order valence-electron chi connectivity index (χ1n) is 9.43. The predicted molar refractivity (Wildman–Crippen MR) is 101 cm³/mol. The average Bonchev–Trinajstić information content (AvgIpc) is 2.58. The fourth-order valence-electron chi connectivity index (χ4n) is 3.88. The van der Waals surface area contributed by atoms with Gasteiger partial charge >= 0.3 is 5.63 Å². The number of amides is 1. The largest absolute Gasteiger partial charge is 0.484 e. The zero-order valence-electron chi connectivity index (χ0n) is 15.8. The Bertz CT molecular complexity index is 832. The lowest BCUT2D eigenvalue weighted by Crippen LogP contribution is -2.44. The molecule has 26 heavy (non-hydrogen) atoms. The number of carbonyl (C=O) groups excluding carboxylic acids is 1. The molecular formula is C21H27NO4. The van der Waals surface area contributed by atoms with Crippen molar-refractivity contribution in [3.63, 3.8) is 0 Å². The number of fused-ring (bicyclic) bond motifs is 1. The zero-order valence-corrected chi connectivity index (χ0v) is 15.8. The van der Waals surface area contributed by atoms with Crippen LogP contribution in [-0.4, -0.2) is 30.5 Å². The average molecular weight is 357 g/mol. The Hall–Kier alpha value is -2.30. The van der Waals surface area contributed by atoms with E-state index < -0.39 is 0 Å². The zero-order chi connectivity index (χ0) is 18.7. The van der Waals surface area contributed by atoms with Crippen molar-refractivity contribution in [1.29, 1.82) is 0 Å². The van der Waals surface area contributed by atoms with Crippen molar-refractivity contribution in [2.75, 3.05) is 19.7 Å². The first-order valence-corrected chi connectivity index (χ1v) is 9.43. The molecule has 2 heterocycles. The summed E-state index contributed by atoms with van der Waals surface area (Å²) < 4.78 is 11.0. The maximum absolute atomic E-state index is 12.4. The van der Waals surface area contributed by atoms with E-state index in [9.17, 15) is 9.59 Å². The maximum Gasteiger partial charge on any atom is 0.336 e. The number of piperidine rings is 1. The third-order valence-electron chi connectivity index (χ3n) is 4.90. The SMILES string of the molecule is CCCc1cc(=O)oc2cc(OCC(=O)N3CC(C)CC(C)C3)ccc12. The van der Waals surface area contributed by atoms with Crippen LogP contribution in [-0.2, 0) is 11.2 Å². The van der Waals surface area contributed by atoms with Crippen molar-refractivity contribution in [1.82, 2.24) is 4.90 Å². The standard InChI is InChI=1S/C21H27NO4/c1-4-5-16-9-21(24)26-19-10-17(6-7-18(16)19)25-13-20(23)22-11-14(2)8-15(3)12-22/h6-7,9-10,14-15H,4-5,8,11-13H2,1-3H3. The highest BCUT2D eigenvalue weighted by Crippen LogP contribution is 2.24. The van der Waals surface area contributed by atoms with Crippen LogP contribution < -0.4 is 10.4 Å². The number of hydrogen-bond donors (Lipinski definition) is 0. The molecule has 2 atom stereocenters. The summed E-state index contributed by atoms with van der Waals surface area (Å²) in [7, 11) is 0. The molecule has 0 radical (unpaired) electrons. The third-order valence-corrected chi connectivity index (χ3v) is 4.90. The van der Waals surface area contributed by atoms with Crippen molar-refractivity contribution in [3.05, 3.63) is 40.2 Å². The first-order chi connectivity index (χ1) is 12.5. The molecule has 1 saturated heterocycles. The highest BCUT2D eigenvalue weighted by Gasteiger charge is 2.25. The highest BCUT2D eigenvalue weighted by molar-refractivity contribution is 5.82. The predicted octanol–water partition coefficient (Wildman–Crippen LogP) is 3.63. The molecule has 5 nitrogen and oxygen atoms in total. The van der Waals surface area contributed by atoms with Gasteiger partial charge in [0.15, 0.2) is 6.61 Å². The van der Waals surface area contributed by atoms with Crippen LogP contribution in [0.2, 0.25) is 0 Å². The Kier molecular flexibility index (Phi) is 5.64. The van der Waals surface area contributed by atoms with E-state index in [-0.39, 0.29) is 18.1 Å². The van der Waals surface area contributed by atoms with Crippen LogP contribution >= 0.6 is 0 Å². The molecule has 1 aliphatic heterocycles. The molecule has 2 unspecified atom stereocenters. The van der Waals surface area contributed by atoms with Crippen LogP contribution in [0.15, 0.2) is 33.5 Å². The van der Waals surface area contributed by atoms with Gasteiger partial charge in [-0.2, -0.15) is 0 Å². The molecule has 0 aliphatic carbocycles. The van der Waals surface area contributed by atoms with E-state index in [0.717, 1.165) is 43.3 Å². The van der Waals surface area contributed by atoms with Gasteiger partial charge in [-0.15, -0.1) is 0 Å². The fraction of sp³-hybridized carbons (Fsp3) is 0.524.